The Morgan fingerprint density at radius 3 is 2.47 bits per heavy atom. The predicted molar refractivity (Wildman–Crippen MR) is 73.9 cm³/mol. The Labute approximate surface area is 115 Å². The molecule has 5 nitrogen and oxygen atoms in total. The molecule has 0 aromatic carbocycles. The average molecular weight is 270 g/mol. The third-order valence-electron chi connectivity index (χ3n) is 3.85. The first-order chi connectivity index (χ1) is 9.04. The molecule has 5 heteroatoms. The highest BCUT2D eigenvalue weighted by Gasteiger charge is 2.28. The number of aliphatic carboxylic acids is 1. The van der Waals surface area contributed by atoms with Gasteiger partial charge in [-0.3, -0.25) is 14.5 Å². The third kappa shape index (κ3) is 5.59. The Hall–Kier alpha value is -1.10. The van der Waals surface area contributed by atoms with Gasteiger partial charge in [0.2, 0.25) is 5.91 Å². The molecule has 0 saturated carbocycles. The zero-order valence-corrected chi connectivity index (χ0v) is 12.0. The minimum Gasteiger partial charge on any atom is -0.480 e. The monoisotopic (exact) mass is 270 g/mol. The first-order valence-electron chi connectivity index (χ1n) is 7.25. The molecular weight excluding hydrogens is 244 g/mol. The lowest BCUT2D eigenvalue weighted by Crippen LogP contribution is -2.47. The molecule has 110 valence electrons. The van der Waals surface area contributed by atoms with Crippen molar-refractivity contribution in [1.82, 2.24) is 10.2 Å². The van der Waals surface area contributed by atoms with E-state index in [9.17, 15) is 14.7 Å². The third-order valence-corrected chi connectivity index (χ3v) is 3.85. The maximum absolute atomic E-state index is 11.3. The first-order valence-corrected chi connectivity index (χ1v) is 7.25. The normalized spacial score (nSPS) is 19.1. The Bertz CT molecular complexity index is 299. The Balaban J connectivity index is 2.37. The summed E-state index contributed by atoms with van der Waals surface area (Å²) in [7, 11) is 0. The van der Waals surface area contributed by atoms with Crippen molar-refractivity contribution in [1.29, 1.82) is 0 Å². The lowest BCUT2D eigenvalue weighted by atomic mass is 9.94. The SMILES string of the molecule is CCCCC(C(=O)O)N1CCC(CNC(C)=O)CC1. The van der Waals surface area contributed by atoms with Crippen LogP contribution in [0.4, 0.5) is 0 Å². The van der Waals surface area contributed by atoms with Crippen LogP contribution in [0.1, 0.15) is 46.0 Å². The number of carbonyl (C=O) groups excluding carboxylic acids is 1. The number of nitrogens with one attached hydrogen (secondary N) is 1. The molecule has 1 unspecified atom stereocenters. The molecule has 19 heavy (non-hydrogen) atoms. The van der Waals surface area contributed by atoms with Crippen molar-refractivity contribution in [2.24, 2.45) is 5.92 Å². The number of amides is 1. The van der Waals surface area contributed by atoms with E-state index in [0.717, 1.165) is 51.7 Å². The molecule has 0 radical (unpaired) electrons. The Kier molecular flexibility index (Phi) is 6.84. The molecule has 1 amide bonds. The largest absolute Gasteiger partial charge is 0.480 e. The van der Waals surface area contributed by atoms with Crippen LogP contribution in [-0.2, 0) is 9.59 Å². The molecule has 0 aromatic heterocycles. The van der Waals surface area contributed by atoms with Crippen molar-refractivity contribution in [3.05, 3.63) is 0 Å². The summed E-state index contributed by atoms with van der Waals surface area (Å²) in [5.74, 6) is -0.205. The highest BCUT2D eigenvalue weighted by Crippen LogP contribution is 2.20. The average Bonchev–Trinajstić information content (AvgIpc) is 2.37. The molecule has 1 aliphatic heterocycles. The minimum absolute atomic E-state index is 0.00814. The van der Waals surface area contributed by atoms with Gasteiger partial charge in [0.1, 0.15) is 6.04 Å². The number of piperidine rings is 1. The summed E-state index contributed by atoms with van der Waals surface area (Å²) < 4.78 is 0. The van der Waals surface area contributed by atoms with Gasteiger partial charge in [0.25, 0.3) is 0 Å². The van der Waals surface area contributed by atoms with E-state index < -0.39 is 5.97 Å². The van der Waals surface area contributed by atoms with Crippen LogP contribution in [0, 0.1) is 5.92 Å². The summed E-state index contributed by atoms with van der Waals surface area (Å²) >= 11 is 0. The predicted octanol–water partition coefficient (Wildman–Crippen LogP) is 1.48. The minimum atomic E-state index is -0.700. The second-order valence-corrected chi connectivity index (χ2v) is 5.41. The van der Waals surface area contributed by atoms with E-state index in [2.05, 4.69) is 17.1 Å². The topological polar surface area (TPSA) is 69.6 Å². The molecule has 1 saturated heterocycles. The molecule has 0 bridgehead atoms. The van der Waals surface area contributed by atoms with Gasteiger partial charge in [-0.25, -0.2) is 0 Å². The van der Waals surface area contributed by atoms with Crippen LogP contribution in [-0.4, -0.2) is 47.6 Å². The van der Waals surface area contributed by atoms with Crippen molar-refractivity contribution < 1.29 is 14.7 Å². The molecular formula is C14H26N2O3. The van der Waals surface area contributed by atoms with Gasteiger partial charge in [-0.15, -0.1) is 0 Å². The summed E-state index contributed by atoms with van der Waals surface area (Å²) in [6.45, 7) is 5.98. The fourth-order valence-corrected chi connectivity index (χ4v) is 2.62. The highest BCUT2D eigenvalue weighted by atomic mass is 16.4. The number of carboxylic acids is 1. The smallest absolute Gasteiger partial charge is 0.320 e. The fraction of sp³-hybridized carbons (Fsp3) is 0.857. The van der Waals surface area contributed by atoms with Gasteiger partial charge in [0, 0.05) is 13.5 Å². The number of rotatable bonds is 7. The van der Waals surface area contributed by atoms with E-state index in [4.69, 9.17) is 0 Å². The number of hydrogen-bond donors (Lipinski definition) is 2. The maximum Gasteiger partial charge on any atom is 0.320 e. The van der Waals surface area contributed by atoms with Gasteiger partial charge < -0.3 is 10.4 Å². The second-order valence-electron chi connectivity index (χ2n) is 5.41. The summed E-state index contributed by atoms with van der Waals surface area (Å²) in [6.07, 6.45) is 4.67. The van der Waals surface area contributed by atoms with Gasteiger partial charge in [0.05, 0.1) is 0 Å². The number of carbonyl (C=O) groups is 2. The summed E-state index contributed by atoms with van der Waals surface area (Å²) in [5, 5.41) is 12.1. The van der Waals surface area contributed by atoms with Gasteiger partial charge in [0.15, 0.2) is 0 Å². The van der Waals surface area contributed by atoms with Gasteiger partial charge in [-0.05, 0) is 38.3 Å². The van der Waals surface area contributed by atoms with Gasteiger partial charge in [-0.2, -0.15) is 0 Å². The maximum atomic E-state index is 11.3. The zero-order chi connectivity index (χ0) is 14.3. The molecule has 1 aliphatic rings. The molecule has 0 spiro atoms. The van der Waals surface area contributed by atoms with Crippen molar-refractivity contribution in [3.8, 4) is 0 Å². The molecule has 2 N–H and O–H groups in total. The fourth-order valence-electron chi connectivity index (χ4n) is 2.62. The Morgan fingerprint density at radius 2 is 2.00 bits per heavy atom. The van der Waals surface area contributed by atoms with Gasteiger partial charge in [-0.1, -0.05) is 19.8 Å². The van der Waals surface area contributed by atoms with E-state index in [1.807, 2.05) is 0 Å². The number of likely N-dealkylation sites (tertiary alicyclic amines) is 1. The number of carboxylic acid groups (broad SMARTS) is 1. The molecule has 1 atom stereocenters. The molecule has 1 fully saturated rings. The summed E-state index contributed by atoms with van der Waals surface area (Å²) in [5.41, 5.74) is 0. The molecule has 1 rings (SSSR count). The van der Waals surface area contributed by atoms with Crippen LogP contribution in [0.25, 0.3) is 0 Å². The van der Waals surface area contributed by atoms with Crippen LogP contribution >= 0.6 is 0 Å². The number of hydrogen-bond acceptors (Lipinski definition) is 3. The highest BCUT2D eigenvalue weighted by molar-refractivity contribution is 5.73. The van der Waals surface area contributed by atoms with E-state index in [-0.39, 0.29) is 11.9 Å². The van der Waals surface area contributed by atoms with Crippen molar-refractivity contribution in [2.75, 3.05) is 19.6 Å². The summed E-state index contributed by atoms with van der Waals surface area (Å²) in [6, 6.07) is -0.332. The quantitative estimate of drug-likeness (QED) is 0.735. The summed E-state index contributed by atoms with van der Waals surface area (Å²) in [4.78, 5) is 24.3. The van der Waals surface area contributed by atoms with E-state index in [1.165, 1.54) is 6.92 Å². The number of nitrogens with zero attached hydrogens (tertiary/aromatic N) is 1. The van der Waals surface area contributed by atoms with Gasteiger partial charge >= 0.3 is 5.97 Å². The van der Waals surface area contributed by atoms with Crippen molar-refractivity contribution in [3.63, 3.8) is 0 Å². The van der Waals surface area contributed by atoms with Crippen LogP contribution < -0.4 is 5.32 Å². The number of unbranched alkanes of at least 4 members (excludes halogenated alkanes) is 1. The molecule has 0 aliphatic carbocycles. The van der Waals surface area contributed by atoms with Crippen LogP contribution in [0.5, 0.6) is 0 Å². The van der Waals surface area contributed by atoms with Crippen LogP contribution in [0.2, 0.25) is 0 Å². The first kappa shape index (κ1) is 16.0. The van der Waals surface area contributed by atoms with E-state index in [1.54, 1.807) is 0 Å². The van der Waals surface area contributed by atoms with E-state index in [0.29, 0.717) is 5.92 Å². The zero-order valence-electron chi connectivity index (χ0n) is 12.0. The van der Waals surface area contributed by atoms with Crippen LogP contribution in [0.15, 0.2) is 0 Å². The Morgan fingerprint density at radius 1 is 1.37 bits per heavy atom. The molecule has 0 aromatic rings. The lowest BCUT2D eigenvalue weighted by Gasteiger charge is -2.35. The van der Waals surface area contributed by atoms with Crippen molar-refractivity contribution in [2.45, 2.75) is 52.0 Å². The molecule has 1 heterocycles. The lowest BCUT2D eigenvalue weighted by molar-refractivity contribution is -0.144. The van der Waals surface area contributed by atoms with E-state index >= 15 is 0 Å². The second kappa shape index (κ2) is 8.15. The standard InChI is InChI=1S/C14H26N2O3/c1-3-4-5-13(14(18)19)16-8-6-12(7-9-16)10-15-11(2)17/h12-13H,3-10H2,1-2H3,(H,15,17)(H,18,19). The van der Waals surface area contributed by atoms with Crippen molar-refractivity contribution >= 4 is 11.9 Å². The van der Waals surface area contributed by atoms with Crippen LogP contribution in [0.3, 0.4) is 0 Å².